The second-order valence-electron chi connectivity index (χ2n) is 4.49. The van der Waals surface area contributed by atoms with Crippen molar-refractivity contribution >= 4 is 27.9 Å². The molecule has 19 heavy (non-hydrogen) atoms. The minimum atomic E-state index is -0.176. The van der Waals surface area contributed by atoms with Gasteiger partial charge in [0.15, 0.2) is 4.96 Å². The number of hydrogen-bond acceptors (Lipinski definition) is 3. The molecule has 0 aliphatic rings. The highest BCUT2D eigenvalue weighted by molar-refractivity contribution is 7.15. The van der Waals surface area contributed by atoms with Crippen LogP contribution in [0.1, 0.15) is 21.6 Å². The number of carbonyl (C=O) groups is 1. The highest BCUT2D eigenvalue weighted by atomic mass is 32.1. The van der Waals surface area contributed by atoms with Crippen LogP contribution in [0.5, 0.6) is 0 Å². The van der Waals surface area contributed by atoms with E-state index in [9.17, 15) is 4.79 Å². The average molecular weight is 271 g/mol. The largest absolute Gasteiger partial charge is 0.320 e. The number of fused-ring (bicyclic) bond motifs is 1. The number of anilines is 1. The van der Waals surface area contributed by atoms with Gasteiger partial charge in [-0.3, -0.25) is 9.20 Å². The number of benzene rings is 1. The first-order chi connectivity index (χ1) is 9.13. The van der Waals surface area contributed by atoms with Crippen molar-refractivity contribution in [3.63, 3.8) is 0 Å². The molecule has 3 aromatic rings. The van der Waals surface area contributed by atoms with Crippen LogP contribution in [0.2, 0.25) is 0 Å². The molecule has 2 heterocycles. The molecule has 0 spiro atoms. The lowest BCUT2D eigenvalue weighted by atomic mass is 10.1. The van der Waals surface area contributed by atoms with E-state index in [2.05, 4.69) is 10.3 Å². The monoisotopic (exact) mass is 271 g/mol. The number of nitrogens with one attached hydrogen (secondary N) is 1. The van der Waals surface area contributed by atoms with Crippen molar-refractivity contribution in [1.82, 2.24) is 9.38 Å². The Labute approximate surface area is 114 Å². The Kier molecular flexibility index (Phi) is 2.83. The molecule has 5 heteroatoms. The lowest BCUT2D eigenvalue weighted by Gasteiger charge is -2.07. The average Bonchev–Trinajstić information content (AvgIpc) is 2.94. The number of rotatable bonds is 2. The van der Waals surface area contributed by atoms with E-state index in [4.69, 9.17) is 0 Å². The first kappa shape index (κ1) is 11.9. The summed E-state index contributed by atoms with van der Waals surface area (Å²) in [6.45, 7) is 3.97. The quantitative estimate of drug-likeness (QED) is 0.777. The van der Waals surface area contributed by atoms with Gasteiger partial charge in [0.1, 0.15) is 5.69 Å². The lowest BCUT2D eigenvalue weighted by molar-refractivity contribution is 0.102. The van der Waals surface area contributed by atoms with Gasteiger partial charge in [0.05, 0.1) is 0 Å². The Bertz CT molecular complexity index is 728. The zero-order valence-corrected chi connectivity index (χ0v) is 11.5. The molecule has 0 unspecified atom stereocenters. The minimum absolute atomic E-state index is 0.176. The second-order valence-corrected chi connectivity index (χ2v) is 5.36. The van der Waals surface area contributed by atoms with Gasteiger partial charge in [0, 0.05) is 23.5 Å². The smallest absolute Gasteiger partial charge is 0.275 e. The summed E-state index contributed by atoms with van der Waals surface area (Å²) in [6, 6.07) is 5.99. The molecule has 3 rings (SSSR count). The lowest BCUT2D eigenvalue weighted by Crippen LogP contribution is -2.13. The number of hydrogen-bond donors (Lipinski definition) is 1. The summed E-state index contributed by atoms with van der Waals surface area (Å²) in [5.74, 6) is -0.176. The minimum Gasteiger partial charge on any atom is -0.320 e. The van der Waals surface area contributed by atoms with E-state index in [1.165, 1.54) is 11.3 Å². The molecule has 0 saturated heterocycles. The molecule has 0 saturated carbocycles. The summed E-state index contributed by atoms with van der Waals surface area (Å²) >= 11 is 1.51. The fourth-order valence-corrected chi connectivity index (χ4v) is 2.59. The highest BCUT2D eigenvalue weighted by Crippen LogP contribution is 2.18. The molecule has 0 atom stereocenters. The highest BCUT2D eigenvalue weighted by Gasteiger charge is 2.12. The van der Waals surface area contributed by atoms with Crippen molar-refractivity contribution in [2.45, 2.75) is 13.8 Å². The van der Waals surface area contributed by atoms with Crippen LogP contribution >= 0.6 is 11.3 Å². The topological polar surface area (TPSA) is 46.4 Å². The molecule has 2 aromatic heterocycles. The van der Waals surface area contributed by atoms with Crippen LogP contribution in [0.25, 0.3) is 4.96 Å². The standard InChI is InChI=1S/C14H13N3OS/c1-9-3-4-10(2)11(7-9)15-13(18)12-8-17-5-6-19-14(17)16-12/h3-8H,1-2H3,(H,15,18). The maximum atomic E-state index is 12.2. The summed E-state index contributed by atoms with van der Waals surface area (Å²) in [5.41, 5.74) is 3.43. The first-order valence-corrected chi connectivity index (χ1v) is 6.82. The summed E-state index contributed by atoms with van der Waals surface area (Å²) in [6.07, 6.45) is 3.63. The molecular weight excluding hydrogens is 258 g/mol. The molecule has 4 nitrogen and oxygen atoms in total. The summed E-state index contributed by atoms with van der Waals surface area (Å²) in [7, 11) is 0. The van der Waals surface area contributed by atoms with Gasteiger partial charge in [-0.05, 0) is 31.0 Å². The molecule has 0 radical (unpaired) electrons. The van der Waals surface area contributed by atoms with Crippen LogP contribution in [-0.2, 0) is 0 Å². The van der Waals surface area contributed by atoms with Crippen molar-refractivity contribution in [2.75, 3.05) is 5.32 Å². The van der Waals surface area contributed by atoms with Gasteiger partial charge in [0.25, 0.3) is 5.91 Å². The maximum absolute atomic E-state index is 12.2. The summed E-state index contributed by atoms with van der Waals surface area (Å²) in [5, 5.41) is 4.85. The van der Waals surface area contributed by atoms with Crippen molar-refractivity contribution < 1.29 is 4.79 Å². The van der Waals surface area contributed by atoms with Gasteiger partial charge < -0.3 is 5.32 Å². The normalized spacial score (nSPS) is 10.8. The Morgan fingerprint density at radius 1 is 1.37 bits per heavy atom. The predicted molar refractivity (Wildman–Crippen MR) is 76.9 cm³/mol. The number of thiazole rings is 1. The fourth-order valence-electron chi connectivity index (χ4n) is 1.89. The SMILES string of the molecule is Cc1ccc(C)c(NC(=O)c2cn3ccsc3n2)c1. The van der Waals surface area contributed by atoms with Crippen LogP contribution < -0.4 is 5.32 Å². The molecule has 0 bridgehead atoms. The third kappa shape index (κ3) is 2.24. The molecular formula is C14H13N3OS. The van der Waals surface area contributed by atoms with E-state index < -0.39 is 0 Å². The van der Waals surface area contributed by atoms with E-state index in [1.54, 1.807) is 6.20 Å². The van der Waals surface area contributed by atoms with Gasteiger partial charge in [-0.2, -0.15) is 0 Å². The van der Waals surface area contributed by atoms with E-state index in [1.807, 2.05) is 48.0 Å². The van der Waals surface area contributed by atoms with Gasteiger partial charge in [-0.15, -0.1) is 11.3 Å². The van der Waals surface area contributed by atoms with E-state index in [-0.39, 0.29) is 5.91 Å². The molecule has 0 fully saturated rings. The van der Waals surface area contributed by atoms with Crippen LogP contribution in [-0.4, -0.2) is 15.3 Å². The van der Waals surface area contributed by atoms with Crippen molar-refractivity contribution in [3.8, 4) is 0 Å². The molecule has 96 valence electrons. The fraction of sp³-hybridized carbons (Fsp3) is 0.143. The zero-order valence-electron chi connectivity index (χ0n) is 10.7. The van der Waals surface area contributed by atoms with E-state index in [0.717, 1.165) is 21.8 Å². The number of nitrogens with zero attached hydrogens (tertiary/aromatic N) is 2. The maximum Gasteiger partial charge on any atom is 0.275 e. The summed E-state index contributed by atoms with van der Waals surface area (Å²) in [4.78, 5) is 17.3. The van der Waals surface area contributed by atoms with Crippen LogP contribution in [0.3, 0.4) is 0 Å². The Morgan fingerprint density at radius 3 is 3.00 bits per heavy atom. The molecule has 1 aromatic carbocycles. The Balaban J connectivity index is 1.88. The summed E-state index contributed by atoms with van der Waals surface area (Å²) < 4.78 is 1.85. The van der Waals surface area contributed by atoms with E-state index >= 15 is 0 Å². The van der Waals surface area contributed by atoms with Crippen molar-refractivity contribution in [2.24, 2.45) is 0 Å². The second kappa shape index (κ2) is 4.51. The molecule has 0 aliphatic carbocycles. The molecule has 1 N–H and O–H groups in total. The van der Waals surface area contributed by atoms with E-state index in [0.29, 0.717) is 5.69 Å². The van der Waals surface area contributed by atoms with Crippen LogP contribution in [0.15, 0.2) is 36.0 Å². The number of carbonyl (C=O) groups excluding carboxylic acids is 1. The van der Waals surface area contributed by atoms with Gasteiger partial charge in [-0.25, -0.2) is 4.98 Å². The number of imidazole rings is 1. The van der Waals surface area contributed by atoms with Gasteiger partial charge in [0.2, 0.25) is 0 Å². The van der Waals surface area contributed by atoms with Crippen LogP contribution in [0, 0.1) is 13.8 Å². The van der Waals surface area contributed by atoms with Gasteiger partial charge >= 0.3 is 0 Å². The van der Waals surface area contributed by atoms with Gasteiger partial charge in [-0.1, -0.05) is 12.1 Å². The van der Waals surface area contributed by atoms with Crippen molar-refractivity contribution in [3.05, 3.63) is 52.8 Å². The third-order valence-electron chi connectivity index (χ3n) is 2.97. The molecule has 1 amide bonds. The number of aromatic nitrogens is 2. The zero-order chi connectivity index (χ0) is 13.4. The Hall–Kier alpha value is -2.14. The third-order valence-corrected chi connectivity index (χ3v) is 3.74. The molecule has 0 aliphatic heterocycles. The number of amides is 1. The van der Waals surface area contributed by atoms with Crippen molar-refractivity contribution in [1.29, 1.82) is 0 Å². The van der Waals surface area contributed by atoms with Crippen LogP contribution in [0.4, 0.5) is 5.69 Å². The Morgan fingerprint density at radius 2 is 2.21 bits per heavy atom. The first-order valence-electron chi connectivity index (χ1n) is 5.94. The predicted octanol–water partition coefficient (Wildman–Crippen LogP) is 3.26. The number of aryl methyl sites for hydroxylation is 2.